The summed E-state index contributed by atoms with van der Waals surface area (Å²) >= 11 is 0. The van der Waals surface area contributed by atoms with Gasteiger partial charge < -0.3 is 16.4 Å². The Morgan fingerprint density at radius 1 is 1.08 bits per heavy atom. The third-order valence-corrected chi connectivity index (χ3v) is 3.33. The number of rotatable bonds is 7. The zero-order valence-corrected chi connectivity index (χ0v) is 14.1. The normalized spacial score (nSPS) is 10.3. The second-order valence-electron chi connectivity index (χ2n) is 5.59. The van der Waals surface area contributed by atoms with Crippen molar-refractivity contribution in [3.63, 3.8) is 0 Å². The molecular formula is C17H24N6O. The van der Waals surface area contributed by atoms with Crippen molar-refractivity contribution in [3.8, 4) is 0 Å². The van der Waals surface area contributed by atoms with Gasteiger partial charge in [-0.2, -0.15) is 4.98 Å². The molecule has 0 radical (unpaired) electrons. The Morgan fingerprint density at radius 3 is 2.54 bits per heavy atom. The number of carbonyl (C=O) groups excluding carboxylic acids is 1. The number of unbranched alkanes of at least 4 members (excludes halogenated alkanes) is 1. The first-order valence-electron chi connectivity index (χ1n) is 8.01. The van der Waals surface area contributed by atoms with Gasteiger partial charge in [0.2, 0.25) is 5.95 Å². The molecule has 0 fully saturated rings. The third kappa shape index (κ3) is 5.85. The molecule has 0 aliphatic heterocycles. The zero-order chi connectivity index (χ0) is 17.4. The molecular weight excluding hydrogens is 304 g/mol. The standard InChI is InChI=1S/C17H24N6O/c1-12-5-7-14(8-6-12)21-17(24)23-16-20-13(2)11-15(22-16)19-10-4-3-9-18/h5-8,11H,3-4,9-10,18H2,1-2H3,(H3,19,20,21,22,23,24). The van der Waals surface area contributed by atoms with Gasteiger partial charge in [0.1, 0.15) is 5.82 Å². The van der Waals surface area contributed by atoms with Gasteiger partial charge in [0.05, 0.1) is 0 Å². The number of amides is 2. The lowest BCUT2D eigenvalue weighted by molar-refractivity contribution is 0.262. The Labute approximate surface area is 142 Å². The van der Waals surface area contributed by atoms with Gasteiger partial charge in [-0.05, 0) is 45.4 Å². The van der Waals surface area contributed by atoms with E-state index in [-0.39, 0.29) is 12.0 Å². The number of hydrogen-bond donors (Lipinski definition) is 4. The minimum Gasteiger partial charge on any atom is -0.370 e. The predicted molar refractivity (Wildman–Crippen MR) is 97.4 cm³/mol. The van der Waals surface area contributed by atoms with Crippen LogP contribution in [0.15, 0.2) is 30.3 Å². The highest BCUT2D eigenvalue weighted by Crippen LogP contribution is 2.12. The van der Waals surface area contributed by atoms with Gasteiger partial charge in [0, 0.05) is 24.0 Å². The molecule has 7 heteroatoms. The number of nitrogens with zero attached hydrogens (tertiary/aromatic N) is 2. The number of urea groups is 1. The molecule has 0 saturated heterocycles. The Morgan fingerprint density at radius 2 is 1.83 bits per heavy atom. The van der Waals surface area contributed by atoms with Crippen LogP contribution in [0.2, 0.25) is 0 Å². The van der Waals surface area contributed by atoms with E-state index < -0.39 is 0 Å². The minimum atomic E-state index is -0.376. The zero-order valence-electron chi connectivity index (χ0n) is 14.1. The predicted octanol–water partition coefficient (Wildman–Crippen LogP) is 2.89. The van der Waals surface area contributed by atoms with Crippen molar-refractivity contribution in [2.45, 2.75) is 26.7 Å². The number of benzene rings is 1. The van der Waals surface area contributed by atoms with E-state index in [2.05, 4.69) is 25.9 Å². The summed E-state index contributed by atoms with van der Waals surface area (Å²) in [6.45, 7) is 5.31. The fourth-order valence-electron chi connectivity index (χ4n) is 2.10. The van der Waals surface area contributed by atoms with Crippen LogP contribution in [0.25, 0.3) is 0 Å². The maximum atomic E-state index is 12.1. The monoisotopic (exact) mass is 328 g/mol. The number of anilines is 3. The van der Waals surface area contributed by atoms with E-state index in [1.807, 2.05) is 44.2 Å². The molecule has 0 bridgehead atoms. The molecule has 5 N–H and O–H groups in total. The van der Waals surface area contributed by atoms with Crippen LogP contribution in [0.5, 0.6) is 0 Å². The fourth-order valence-corrected chi connectivity index (χ4v) is 2.10. The average Bonchev–Trinajstić information content (AvgIpc) is 2.53. The van der Waals surface area contributed by atoms with E-state index in [4.69, 9.17) is 5.73 Å². The number of aryl methyl sites for hydroxylation is 2. The lowest BCUT2D eigenvalue weighted by atomic mass is 10.2. The van der Waals surface area contributed by atoms with E-state index in [0.29, 0.717) is 18.1 Å². The lowest BCUT2D eigenvalue weighted by Crippen LogP contribution is -2.21. The summed E-state index contributed by atoms with van der Waals surface area (Å²) in [6, 6.07) is 9.02. The molecule has 0 atom stereocenters. The smallest absolute Gasteiger partial charge is 0.326 e. The number of carbonyl (C=O) groups is 1. The largest absolute Gasteiger partial charge is 0.370 e. The molecule has 2 amide bonds. The second-order valence-corrected chi connectivity index (χ2v) is 5.59. The van der Waals surface area contributed by atoms with Gasteiger partial charge in [-0.1, -0.05) is 17.7 Å². The molecule has 1 aromatic carbocycles. The van der Waals surface area contributed by atoms with E-state index in [0.717, 1.165) is 30.6 Å². The highest BCUT2D eigenvalue weighted by atomic mass is 16.2. The molecule has 128 valence electrons. The second kappa shape index (κ2) is 8.83. The molecule has 0 saturated carbocycles. The van der Waals surface area contributed by atoms with E-state index in [9.17, 15) is 4.79 Å². The number of nitrogens with two attached hydrogens (primary N) is 1. The minimum absolute atomic E-state index is 0.265. The van der Waals surface area contributed by atoms with Crippen molar-refractivity contribution in [1.29, 1.82) is 0 Å². The van der Waals surface area contributed by atoms with Crippen molar-refractivity contribution in [1.82, 2.24) is 9.97 Å². The molecule has 2 rings (SSSR count). The fraction of sp³-hybridized carbons (Fsp3) is 0.353. The summed E-state index contributed by atoms with van der Waals surface area (Å²) in [5, 5.41) is 8.62. The van der Waals surface area contributed by atoms with Gasteiger partial charge >= 0.3 is 6.03 Å². The van der Waals surface area contributed by atoms with Crippen LogP contribution in [0.4, 0.5) is 22.2 Å². The summed E-state index contributed by atoms with van der Waals surface area (Å²) in [4.78, 5) is 20.6. The molecule has 0 unspecified atom stereocenters. The van der Waals surface area contributed by atoms with E-state index >= 15 is 0 Å². The Balaban J connectivity index is 1.94. The number of aromatic nitrogens is 2. The molecule has 2 aromatic rings. The third-order valence-electron chi connectivity index (χ3n) is 3.33. The molecule has 0 spiro atoms. The maximum absolute atomic E-state index is 12.1. The molecule has 0 aliphatic carbocycles. The summed E-state index contributed by atoms with van der Waals surface area (Å²) in [7, 11) is 0. The Bertz CT molecular complexity index is 671. The van der Waals surface area contributed by atoms with Crippen LogP contribution >= 0.6 is 0 Å². The van der Waals surface area contributed by atoms with Crippen LogP contribution < -0.4 is 21.7 Å². The van der Waals surface area contributed by atoms with Crippen molar-refractivity contribution in [2.24, 2.45) is 5.73 Å². The number of nitrogens with one attached hydrogen (secondary N) is 3. The van der Waals surface area contributed by atoms with Gasteiger partial charge in [-0.25, -0.2) is 9.78 Å². The van der Waals surface area contributed by atoms with Crippen molar-refractivity contribution in [3.05, 3.63) is 41.6 Å². The van der Waals surface area contributed by atoms with Crippen LogP contribution in [0, 0.1) is 13.8 Å². The van der Waals surface area contributed by atoms with Crippen LogP contribution in [-0.2, 0) is 0 Å². The van der Waals surface area contributed by atoms with Gasteiger partial charge in [-0.15, -0.1) is 0 Å². The van der Waals surface area contributed by atoms with Crippen molar-refractivity contribution in [2.75, 3.05) is 29.0 Å². The molecule has 1 aromatic heterocycles. The highest BCUT2D eigenvalue weighted by molar-refractivity contribution is 5.98. The first-order valence-corrected chi connectivity index (χ1v) is 8.01. The SMILES string of the molecule is Cc1ccc(NC(=O)Nc2nc(C)cc(NCCCCN)n2)cc1. The number of hydrogen-bond acceptors (Lipinski definition) is 5. The summed E-state index contributed by atoms with van der Waals surface area (Å²) in [5.41, 5.74) is 8.10. The summed E-state index contributed by atoms with van der Waals surface area (Å²) < 4.78 is 0. The summed E-state index contributed by atoms with van der Waals surface area (Å²) in [6.07, 6.45) is 1.93. The topological polar surface area (TPSA) is 105 Å². The Hall–Kier alpha value is -2.67. The Kier molecular flexibility index (Phi) is 6.51. The van der Waals surface area contributed by atoms with Crippen molar-refractivity contribution < 1.29 is 4.79 Å². The molecule has 1 heterocycles. The van der Waals surface area contributed by atoms with Crippen molar-refractivity contribution >= 4 is 23.5 Å². The summed E-state index contributed by atoms with van der Waals surface area (Å²) in [5.74, 6) is 0.950. The van der Waals surface area contributed by atoms with Gasteiger partial charge in [0.15, 0.2) is 0 Å². The van der Waals surface area contributed by atoms with E-state index in [1.54, 1.807) is 0 Å². The quantitative estimate of drug-likeness (QED) is 0.585. The van der Waals surface area contributed by atoms with Gasteiger partial charge in [0.25, 0.3) is 0 Å². The molecule has 24 heavy (non-hydrogen) atoms. The van der Waals surface area contributed by atoms with Crippen LogP contribution in [-0.4, -0.2) is 29.1 Å². The van der Waals surface area contributed by atoms with Crippen LogP contribution in [0.1, 0.15) is 24.1 Å². The maximum Gasteiger partial charge on any atom is 0.326 e. The molecule has 0 aliphatic rings. The highest BCUT2D eigenvalue weighted by Gasteiger charge is 2.07. The lowest BCUT2D eigenvalue weighted by Gasteiger charge is -2.10. The molecule has 7 nitrogen and oxygen atoms in total. The first-order chi connectivity index (χ1) is 11.6. The van der Waals surface area contributed by atoms with Crippen LogP contribution in [0.3, 0.4) is 0 Å². The van der Waals surface area contributed by atoms with E-state index in [1.165, 1.54) is 0 Å². The average molecular weight is 328 g/mol. The van der Waals surface area contributed by atoms with Gasteiger partial charge in [-0.3, -0.25) is 5.32 Å². The first kappa shape index (κ1) is 17.7.